The number of alkyl halides is 6. The van der Waals surface area contributed by atoms with Crippen molar-refractivity contribution < 1.29 is 31.1 Å². The van der Waals surface area contributed by atoms with Gasteiger partial charge in [-0.25, -0.2) is 0 Å². The van der Waals surface area contributed by atoms with E-state index >= 15 is 0 Å². The number of rotatable bonds is 2. The van der Waals surface area contributed by atoms with E-state index in [0.29, 0.717) is 0 Å². The van der Waals surface area contributed by atoms with Crippen LogP contribution in [0.2, 0.25) is 0 Å². The Hall–Kier alpha value is -1.77. The second-order valence-corrected chi connectivity index (χ2v) is 5.23. The molecule has 0 aliphatic carbocycles. The molecule has 2 rings (SSSR count). The van der Waals surface area contributed by atoms with Gasteiger partial charge in [-0.2, -0.15) is 26.3 Å². The summed E-state index contributed by atoms with van der Waals surface area (Å²) in [5.41, 5.74) is -1.52. The van der Waals surface area contributed by atoms with Crippen LogP contribution in [0.1, 0.15) is 15.9 Å². The van der Waals surface area contributed by atoms with Crippen LogP contribution < -0.4 is 0 Å². The summed E-state index contributed by atoms with van der Waals surface area (Å²) < 4.78 is 75.7. The standard InChI is InChI=1S/C14H14F6N2O/c15-13(16,17)9-21-5-7-22(8-6-21)12(23)10-3-1-2-4-11(10)14(18,19)20/h1-4H,5-9H2. The van der Waals surface area contributed by atoms with E-state index in [9.17, 15) is 31.1 Å². The number of amides is 1. The number of hydrogen-bond acceptors (Lipinski definition) is 2. The first-order chi connectivity index (χ1) is 10.6. The first-order valence-electron chi connectivity index (χ1n) is 6.82. The van der Waals surface area contributed by atoms with E-state index in [1.54, 1.807) is 0 Å². The Labute approximate surface area is 128 Å². The Bertz CT molecular complexity index is 561. The van der Waals surface area contributed by atoms with Gasteiger partial charge in [0, 0.05) is 26.2 Å². The molecule has 9 heteroatoms. The Morgan fingerprint density at radius 1 is 0.957 bits per heavy atom. The van der Waals surface area contributed by atoms with E-state index < -0.39 is 35.9 Å². The number of carbonyl (C=O) groups excluding carboxylic acids is 1. The molecule has 23 heavy (non-hydrogen) atoms. The minimum Gasteiger partial charge on any atom is -0.336 e. The summed E-state index contributed by atoms with van der Waals surface area (Å²) in [6.07, 6.45) is -9.00. The second kappa shape index (κ2) is 6.38. The third-order valence-electron chi connectivity index (χ3n) is 3.53. The first-order valence-corrected chi connectivity index (χ1v) is 6.82. The number of halogens is 6. The van der Waals surface area contributed by atoms with Gasteiger partial charge in [0.25, 0.3) is 5.91 Å². The summed E-state index contributed by atoms with van der Waals surface area (Å²) in [7, 11) is 0. The van der Waals surface area contributed by atoms with Gasteiger partial charge >= 0.3 is 12.4 Å². The molecule has 0 spiro atoms. The van der Waals surface area contributed by atoms with Gasteiger partial charge in [0.15, 0.2) is 0 Å². The molecule has 3 nitrogen and oxygen atoms in total. The highest BCUT2D eigenvalue weighted by Gasteiger charge is 2.37. The fraction of sp³-hybridized carbons (Fsp3) is 0.500. The van der Waals surface area contributed by atoms with E-state index in [4.69, 9.17) is 0 Å². The van der Waals surface area contributed by atoms with Crippen LogP contribution >= 0.6 is 0 Å². The van der Waals surface area contributed by atoms with Crippen LogP contribution in [0, 0.1) is 0 Å². The lowest BCUT2D eigenvalue weighted by molar-refractivity contribution is -0.148. The van der Waals surface area contributed by atoms with Gasteiger partial charge < -0.3 is 4.90 Å². The van der Waals surface area contributed by atoms with Crippen LogP contribution in [0.4, 0.5) is 26.3 Å². The third-order valence-corrected chi connectivity index (χ3v) is 3.53. The monoisotopic (exact) mass is 340 g/mol. The zero-order valence-corrected chi connectivity index (χ0v) is 11.9. The largest absolute Gasteiger partial charge is 0.417 e. The molecule has 0 radical (unpaired) electrons. The van der Waals surface area contributed by atoms with Crippen LogP contribution in [-0.4, -0.2) is 54.6 Å². The van der Waals surface area contributed by atoms with Gasteiger partial charge in [-0.05, 0) is 12.1 Å². The zero-order chi connectivity index (χ0) is 17.3. The van der Waals surface area contributed by atoms with Crippen molar-refractivity contribution in [2.75, 3.05) is 32.7 Å². The van der Waals surface area contributed by atoms with E-state index in [2.05, 4.69) is 0 Å². The summed E-state index contributed by atoms with van der Waals surface area (Å²) >= 11 is 0. The molecule has 1 aromatic carbocycles. The smallest absolute Gasteiger partial charge is 0.336 e. The zero-order valence-electron chi connectivity index (χ0n) is 11.9. The molecule has 0 bridgehead atoms. The highest BCUT2D eigenvalue weighted by Crippen LogP contribution is 2.32. The fourth-order valence-corrected chi connectivity index (χ4v) is 2.45. The molecule has 1 heterocycles. The Kier molecular flexibility index (Phi) is 4.88. The SMILES string of the molecule is O=C(c1ccccc1C(F)(F)F)N1CCN(CC(F)(F)F)CC1. The molecule has 0 aromatic heterocycles. The maximum absolute atomic E-state index is 12.9. The van der Waals surface area contributed by atoms with Gasteiger partial charge in [-0.1, -0.05) is 12.1 Å². The second-order valence-electron chi connectivity index (χ2n) is 5.23. The lowest BCUT2D eigenvalue weighted by Gasteiger charge is -2.35. The fourth-order valence-electron chi connectivity index (χ4n) is 2.45. The van der Waals surface area contributed by atoms with E-state index in [0.717, 1.165) is 21.9 Å². The number of benzene rings is 1. The van der Waals surface area contributed by atoms with E-state index in [1.165, 1.54) is 12.1 Å². The minimum absolute atomic E-state index is 0.0283. The molecule has 1 amide bonds. The van der Waals surface area contributed by atoms with Crippen molar-refractivity contribution >= 4 is 5.91 Å². The average molecular weight is 340 g/mol. The van der Waals surface area contributed by atoms with Crippen molar-refractivity contribution in [2.45, 2.75) is 12.4 Å². The summed E-state index contributed by atoms with van der Waals surface area (Å²) in [5, 5.41) is 0. The predicted octanol–water partition coefficient (Wildman–Crippen LogP) is 3.03. The van der Waals surface area contributed by atoms with Gasteiger partial charge in [-0.3, -0.25) is 9.69 Å². The number of piperazine rings is 1. The maximum atomic E-state index is 12.9. The van der Waals surface area contributed by atoms with Crippen molar-refractivity contribution in [3.63, 3.8) is 0 Å². The molecule has 1 aliphatic rings. The highest BCUT2D eigenvalue weighted by atomic mass is 19.4. The quantitative estimate of drug-likeness (QED) is 0.773. The molecular formula is C14H14F6N2O. The van der Waals surface area contributed by atoms with E-state index in [1.807, 2.05) is 0 Å². The predicted molar refractivity (Wildman–Crippen MR) is 69.8 cm³/mol. The topological polar surface area (TPSA) is 23.6 Å². The van der Waals surface area contributed by atoms with Crippen molar-refractivity contribution in [1.29, 1.82) is 0 Å². The summed E-state index contributed by atoms with van der Waals surface area (Å²) in [6.45, 7) is -1.23. The number of hydrogen-bond donors (Lipinski definition) is 0. The summed E-state index contributed by atoms with van der Waals surface area (Å²) in [5.74, 6) is -0.815. The molecule has 1 fully saturated rings. The molecule has 1 aromatic rings. The Morgan fingerprint density at radius 2 is 1.52 bits per heavy atom. The van der Waals surface area contributed by atoms with Gasteiger partial charge in [0.1, 0.15) is 0 Å². The minimum atomic E-state index is -4.66. The molecule has 0 saturated carbocycles. The van der Waals surface area contributed by atoms with Crippen molar-refractivity contribution in [1.82, 2.24) is 9.80 Å². The van der Waals surface area contributed by atoms with Gasteiger partial charge in [-0.15, -0.1) is 0 Å². The molecule has 0 atom stereocenters. The van der Waals surface area contributed by atoms with Crippen molar-refractivity contribution in [2.24, 2.45) is 0 Å². The van der Waals surface area contributed by atoms with Crippen LogP contribution in [0.5, 0.6) is 0 Å². The Balaban J connectivity index is 2.07. The molecule has 0 N–H and O–H groups in total. The van der Waals surface area contributed by atoms with Crippen molar-refractivity contribution in [3.05, 3.63) is 35.4 Å². The molecular weight excluding hydrogens is 326 g/mol. The first kappa shape index (κ1) is 17.6. The van der Waals surface area contributed by atoms with Crippen LogP contribution in [0.25, 0.3) is 0 Å². The molecule has 1 saturated heterocycles. The van der Waals surface area contributed by atoms with Crippen molar-refractivity contribution in [3.8, 4) is 0 Å². The summed E-state index contributed by atoms with van der Waals surface area (Å²) in [4.78, 5) is 14.5. The van der Waals surface area contributed by atoms with E-state index in [-0.39, 0.29) is 26.2 Å². The molecule has 1 aliphatic heterocycles. The van der Waals surface area contributed by atoms with Crippen LogP contribution in [0.15, 0.2) is 24.3 Å². The van der Waals surface area contributed by atoms with Crippen LogP contribution in [0.3, 0.4) is 0 Å². The van der Waals surface area contributed by atoms with Gasteiger partial charge in [0.2, 0.25) is 0 Å². The number of carbonyl (C=O) groups is 1. The molecule has 128 valence electrons. The van der Waals surface area contributed by atoms with Crippen LogP contribution in [-0.2, 0) is 6.18 Å². The van der Waals surface area contributed by atoms with Gasteiger partial charge in [0.05, 0.1) is 17.7 Å². The molecule has 0 unspecified atom stereocenters. The maximum Gasteiger partial charge on any atom is 0.417 e. The number of nitrogens with zero attached hydrogens (tertiary/aromatic N) is 2. The lowest BCUT2D eigenvalue weighted by Crippen LogP contribution is -2.51. The highest BCUT2D eigenvalue weighted by molar-refractivity contribution is 5.96. The normalized spacial score (nSPS) is 17.4. The third kappa shape index (κ3) is 4.60. The summed E-state index contributed by atoms with van der Waals surface area (Å²) in [6, 6.07) is 4.39. The lowest BCUT2D eigenvalue weighted by atomic mass is 10.1. The average Bonchev–Trinajstić information content (AvgIpc) is 2.45. The Morgan fingerprint density at radius 3 is 2.04 bits per heavy atom.